The van der Waals surface area contributed by atoms with Crippen LogP contribution in [-0.4, -0.2) is 25.6 Å². The highest BCUT2D eigenvalue weighted by Crippen LogP contribution is 2.23. The van der Waals surface area contributed by atoms with Gasteiger partial charge in [-0.25, -0.2) is 0 Å². The van der Waals surface area contributed by atoms with Crippen molar-refractivity contribution in [2.45, 2.75) is 45.1 Å². The largest absolute Gasteiger partial charge is 0.356 e. The van der Waals surface area contributed by atoms with E-state index in [0.717, 1.165) is 12.5 Å². The average Bonchev–Trinajstić information content (AvgIpc) is 3.18. The fourth-order valence-electron chi connectivity index (χ4n) is 2.09. The van der Waals surface area contributed by atoms with Gasteiger partial charge in [0.1, 0.15) is 0 Å². The lowest BCUT2D eigenvalue weighted by atomic mass is 9.84. The molecule has 0 atom stereocenters. The first-order valence-electron chi connectivity index (χ1n) is 7.05. The molecular formula is C16H26IN3. The minimum absolute atomic E-state index is 0. The Morgan fingerprint density at radius 1 is 1.35 bits per heavy atom. The summed E-state index contributed by atoms with van der Waals surface area (Å²) >= 11 is 0. The second-order valence-corrected chi connectivity index (χ2v) is 6.10. The summed E-state index contributed by atoms with van der Waals surface area (Å²) in [7, 11) is 1.83. The number of rotatable bonds is 4. The first kappa shape index (κ1) is 17.3. The van der Waals surface area contributed by atoms with Gasteiger partial charge in [0.2, 0.25) is 0 Å². The van der Waals surface area contributed by atoms with Crippen molar-refractivity contribution >= 4 is 29.9 Å². The van der Waals surface area contributed by atoms with Gasteiger partial charge in [0.15, 0.2) is 5.96 Å². The number of guanidine groups is 1. The van der Waals surface area contributed by atoms with Gasteiger partial charge in [-0.3, -0.25) is 4.99 Å². The maximum atomic E-state index is 4.28. The Balaban J connectivity index is 0.00000200. The summed E-state index contributed by atoms with van der Waals surface area (Å²) in [6, 6.07) is 9.36. The SMILES string of the molecule is CN=C(NCC(C)(C)c1cccc(C)c1)NC1CC1.I. The zero-order chi connectivity index (χ0) is 13.9. The summed E-state index contributed by atoms with van der Waals surface area (Å²) in [5.74, 6) is 0.920. The van der Waals surface area contributed by atoms with Crippen molar-refractivity contribution in [2.75, 3.05) is 13.6 Å². The van der Waals surface area contributed by atoms with Gasteiger partial charge in [-0.05, 0) is 25.3 Å². The molecule has 0 amide bonds. The van der Waals surface area contributed by atoms with Crippen LogP contribution in [0.15, 0.2) is 29.3 Å². The molecule has 0 aliphatic heterocycles. The van der Waals surface area contributed by atoms with Crippen LogP contribution in [0.1, 0.15) is 37.8 Å². The third-order valence-corrected chi connectivity index (χ3v) is 3.64. The highest BCUT2D eigenvalue weighted by molar-refractivity contribution is 14.0. The van der Waals surface area contributed by atoms with Crippen molar-refractivity contribution in [2.24, 2.45) is 4.99 Å². The Hall–Kier alpha value is -0.780. The monoisotopic (exact) mass is 387 g/mol. The highest BCUT2D eigenvalue weighted by Gasteiger charge is 2.24. The van der Waals surface area contributed by atoms with Crippen molar-refractivity contribution < 1.29 is 0 Å². The van der Waals surface area contributed by atoms with Gasteiger partial charge in [0.25, 0.3) is 0 Å². The number of benzene rings is 1. The second kappa shape index (κ2) is 7.29. The van der Waals surface area contributed by atoms with Crippen LogP contribution in [0.4, 0.5) is 0 Å². The molecule has 3 nitrogen and oxygen atoms in total. The van der Waals surface area contributed by atoms with Crippen LogP contribution in [0.5, 0.6) is 0 Å². The predicted octanol–water partition coefficient (Wildman–Crippen LogP) is 3.22. The maximum absolute atomic E-state index is 4.28. The summed E-state index contributed by atoms with van der Waals surface area (Å²) in [4.78, 5) is 4.28. The fraction of sp³-hybridized carbons (Fsp3) is 0.562. The van der Waals surface area contributed by atoms with E-state index in [9.17, 15) is 0 Å². The van der Waals surface area contributed by atoms with Crippen LogP contribution in [0.25, 0.3) is 0 Å². The molecule has 0 heterocycles. The van der Waals surface area contributed by atoms with E-state index in [2.05, 4.69) is 60.7 Å². The van der Waals surface area contributed by atoms with Crippen LogP contribution in [-0.2, 0) is 5.41 Å². The predicted molar refractivity (Wildman–Crippen MR) is 97.1 cm³/mol. The Bertz CT molecular complexity index is 465. The van der Waals surface area contributed by atoms with Gasteiger partial charge in [0.05, 0.1) is 0 Å². The molecular weight excluding hydrogens is 361 g/mol. The topological polar surface area (TPSA) is 36.4 Å². The van der Waals surface area contributed by atoms with Gasteiger partial charge >= 0.3 is 0 Å². The van der Waals surface area contributed by atoms with Gasteiger partial charge < -0.3 is 10.6 Å². The van der Waals surface area contributed by atoms with Crippen LogP contribution >= 0.6 is 24.0 Å². The molecule has 1 aliphatic rings. The number of nitrogens with zero attached hydrogens (tertiary/aromatic N) is 1. The quantitative estimate of drug-likeness (QED) is 0.473. The van der Waals surface area contributed by atoms with Gasteiger partial charge in [-0.15, -0.1) is 24.0 Å². The average molecular weight is 387 g/mol. The molecule has 0 unspecified atom stereocenters. The summed E-state index contributed by atoms with van der Waals surface area (Å²) in [5.41, 5.74) is 2.76. The van der Waals surface area contributed by atoms with Crippen molar-refractivity contribution in [1.82, 2.24) is 10.6 Å². The number of halogens is 1. The minimum Gasteiger partial charge on any atom is -0.356 e. The molecule has 4 heteroatoms. The van der Waals surface area contributed by atoms with Crippen LogP contribution in [0, 0.1) is 6.92 Å². The van der Waals surface area contributed by atoms with Gasteiger partial charge in [0, 0.05) is 25.0 Å². The van der Waals surface area contributed by atoms with Crippen LogP contribution in [0.3, 0.4) is 0 Å². The van der Waals surface area contributed by atoms with Crippen molar-refractivity contribution in [3.63, 3.8) is 0 Å². The van der Waals surface area contributed by atoms with E-state index in [-0.39, 0.29) is 29.4 Å². The number of aryl methyl sites for hydroxylation is 1. The van der Waals surface area contributed by atoms with E-state index in [1.54, 1.807) is 0 Å². The Morgan fingerprint density at radius 2 is 2.05 bits per heavy atom. The Labute approximate surface area is 139 Å². The summed E-state index contributed by atoms with van der Waals surface area (Å²) in [6.45, 7) is 7.54. The highest BCUT2D eigenvalue weighted by atomic mass is 127. The lowest BCUT2D eigenvalue weighted by Gasteiger charge is -2.27. The molecule has 2 rings (SSSR count). The number of hydrogen-bond acceptors (Lipinski definition) is 1. The first-order valence-corrected chi connectivity index (χ1v) is 7.05. The van der Waals surface area contributed by atoms with Crippen molar-refractivity contribution in [1.29, 1.82) is 0 Å². The molecule has 0 bridgehead atoms. The van der Waals surface area contributed by atoms with E-state index in [0.29, 0.717) is 6.04 Å². The molecule has 0 saturated heterocycles. The summed E-state index contributed by atoms with van der Waals surface area (Å²) in [6.07, 6.45) is 2.53. The third-order valence-electron chi connectivity index (χ3n) is 3.64. The van der Waals surface area contributed by atoms with Gasteiger partial charge in [-0.1, -0.05) is 43.7 Å². The molecule has 1 aromatic carbocycles. The van der Waals surface area contributed by atoms with Crippen molar-refractivity contribution in [3.8, 4) is 0 Å². The van der Waals surface area contributed by atoms with E-state index in [1.165, 1.54) is 24.0 Å². The molecule has 1 aromatic rings. The number of nitrogens with one attached hydrogen (secondary N) is 2. The molecule has 112 valence electrons. The molecule has 0 aromatic heterocycles. The number of hydrogen-bond donors (Lipinski definition) is 2. The molecule has 0 radical (unpaired) electrons. The third kappa shape index (κ3) is 4.96. The molecule has 2 N–H and O–H groups in total. The van der Waals surface area contributed by atoms with E-state index in [1.807, 2.05) is 7.05 Å². The van der Waals surface area contributed by atoms with Crippen LogP contribution < -0.4 is 10.6 Å². The lowest BCUT2D eigenvalue weighted by molar-refractivity contribution is 0.508. The molecule has 1 fully saturated rings. The van der Waals surface area contributed by atoms with Crippen LogP contribution in [0.2, 0.25) is 0 Å². The van der Waals surface area contributed by atoms with Crippen molar-refractivity contribution in [3.05, 3.63) is 35.4 Å². The summed E-state index contributed by atoms with van der Waals surface area (Å²) in [5, 5.41) is 6.85. The zero-order valence-corrected chi connectivity index (χ0v) is 15.2. The van der Waals surface area contributed by atoms with E-state index >= 15 is 0 Å². The Kier molecular flexibility index (Phi) is 6.30. The molecule has 20 heavy (non-hydrogen) atoms. The summed E-state index contributed by atoms with van der Waals surface area (Å²) < 4.78 is 0. The smallest absolute Gasteiger partial charge is 0.191 e. The first-order chi connectivity index (χ1) is 9.01. The minimum atomic E-state index is 0. The number of aliphatic imine (C=N–C) groups is 1. The molecule has 1 saturated carbocycles. The van der Waals surface area contributed by atoms with Gasteiger partial charge in [-0.2, -0.15) is 0 Å². The maximum Gasteiger partial charge on any atom is 0.191 e. The zero-order valence-electron chi connectivity index (χ0n) is 12.9. The standard InChI is InChI=1S/C16H25N3.HI/c1-12-6-5-7-13(10-12)16(2,3)11-18-15(17-4)19-14-8-9-14;/h5-7,10,14H,8-9,11H2,1-4H3,(H2,17,18,19);1H. The normalized spacial score (nSPS) is 15.5. The van der Waals surface area contributed by atoms with E-state index < -0.39 is 0 Å². The lowest BCUT2D eigenvalue weighted by Crippen LogP contribution is -2.44. The molecule has 1 aliphatic carbocycles. The molecule has 0 spiro atoms. The van der Waals surface area contributed by atoms with E-state index in [4.69, 9.17) is 0 Å². The Morgan fingerprint density at radius 3 is 2.60 bits per heavy atom. The fourth-order valence-corrected chi connectivity index (χ4v) is 2.09. The second-order valence-electron chi connectivity index (χ2n) is 6.10.